The molecule has 10 nitrogen and oxygen atoms in total. The first-order valence-electron chi connectivity index (χ1n) is 8.03. The molecule has 1 aromatic heterocycles. The Balaban J connectivity index is 1.83. The third kappa shape index (κ3) is 4.09. The number of aromatic nitrogens is 1. The number of hydrogen-bond donors (Lipinski definition) is 2. The summed E-state index contributed by atoms with van der Waals surface area (Å²) in [6.45, 7) is 0.301. The summed E-state index contributed by atoms with van der Waals surface area (Å²) in [5, 5.41) is 13.2. The van der Waals surface area contributed by atoms with Crippen LogP contribution >= 0.6 is 0 Å². The summed E-state index contributed by atoms with van der Waals surface area (Å²) in [5.74, 6) is -1.21. The molecule has 2 heterocycles. The average Bonchev–Trinajstić information content (AvgIpc) is 2.97. The Kier molecular flexibility index (Phi) is 5.27. The van der Waals surface area contributed by atoms with E-state index in [1.54, 1.807) is 31.6 Å². The number of pyridine rings is 1. The van der Waals surface area contributed by atoms with E-state index in [2.05, 4.69) is 19.1 Å². The van der Waals surface area contributed by atoms with Crippen LogP contribution in [0.4, 0.5) is 5.69 Å². The third-order valence-corrected chi connectivity index (χ3v) is 4.62. The van der Waals surface area contributed by atoms with Crippen LogP contribution in [0.15, 0.2) is 51.5 Å². The molecule has 3 rings (SSSR count). The predicted octanol–water partition coefficient (Wildman–Crippen LogP) is 1.17. The maximum atomic E-state index is 12.7. The van der Waals surface area contributed by atoms with Gasteiger partial charge in [0, 0.05) is 26.0 Å². The molecular weight excluding hydrogens is 386 g/mol. The molecular formula is C17H17N5O5S. The van der Waals surface area contributed by atoms with Gasteiger partial charge in [-0.05, 0) is 23.8 Å². The SMILES string of the molecule is COC1=NS(=O)(=O)N=C1Nc1cccc(C(=O)N(C)Cc2cccnc2)c1O. The maximum absolute atomic E-state index is 12.7. The number of methoxy groups -OCH3 is 1. The van der Waals surface area contributed by atoms with Crippen molar-refractivity contribution in [1.82, 2.24) is 9.88 Å². The lowest BCUT2D eigenvalue weighted by molar-refractivity contribution is 0.0782. The first-order valence-corrected chi connectivity index (χ1v) is 9.43. The molecule has 11 heteroatoms. The van der Waals surface area contributed by atoms with Gasteiger partial charge in [0.2, 0.25) is 5.84 Å². The lowest BCUT2D eigenvalue weighted by Crippen LogP contribution is -2.27. The highest BCUT2D eigenvalue weighted by atomic mass is 32.2. The average molecular weight is 403 g/mol. The summed E-state index contributed by atoms with van der Waals surface area (Å²) in [4.78, 5) is 18.2. The number of aromatic hydroxyl groups is 1. The number of hydrogen-bond acceptors (Lipinski definition) is 7. The smallest absolute Gasteiger partial charge is 0.368 e. The van der Waals surface area contributed by atoms with Gasteiger partial charge in [0.1, 0.15) is 0 Å². The molecule has 1 aromatic carbocycles. The number of para-hydroxylation sites is 1. The molecule has 0 aliphatic carbocycles. The first-order chi connectivity index (χ1) is 13.3. The number of nitrogens with one attached hydrogen (secondary N) is 1. The van der Waals surface area contributed by atoms with Crippen molar-refractivity contribution in [1.29, 1.82) is 0 Å². The van der Waals surface area contributed by atoms with E-state index >= 15 is 0 Å². The molecule has 0 fully saturated rings. The zero-order valence-electron chi connectivity index (χ0n) is 15.0. The molecule has 1 aliphatic heterocycles. The topological polar surface area (TPSA) is 134 Å². The summed E-state index contributed by atoms with van der Waals surface area (Å²) in [5.41, 5.74) is 0.952. The number of anilines is 1. The van der Waals surface area contributed by atoms with E-state index in [1.807, 2.05) is 6.07 Å². The van der Waals surface area contributed by atoms with Gasteiger partial charge in [-0.1, -0.05) is 12.1 Å². The molecule has 2 aromatic rings. The van der Waals surface area contributed by atoms with E-state index in [4.69, 9.17) is 4.74 Å². The molecule has 146 valence electrons. The number of ether oxygens (including phenoxy) is 1. The van der Waals surface area contributed by atoms with Crippen molar-refractivity contribution in [3.8, 4) is 5.75 Å². The standard InChI is InChI=1S/C17H17N5O5S/c1-22(10-11-5-4-8-18-9-11)17(24)12-6-3-7-13(14(12)23)19-15-16(27-2)21-28(25,26)20-15/h3-9,23H,10H2,1-2H3,(H,19,20). The number of phenols is 1. The van der Waals surface area contributed by atoms with E-state index in [0.717, 1.165) is 5.56 Å². The molecule has 0 bridgehead atoms. The van der Waals surface area contributed by atoms with E-state index in [1.165, 1.54) is 24.1 Å². The Hall–Kier alpha value is -3.47. The normalized spacial score (nSPS) is 14.8. The van der Waals surface area contributed by atoms with Crippen LogP contribution in [0.2, 0.25) is 0 Å². The maximum Gasteiger partial charge on any atom is 0.368 e. The van der Waals surface area contributed by atoms with Crippen LogP contribution in [0, 0.1) is 0 Å². The molecule has 0 unspecified atom stereocenters. The predicted molar refractivity (Wildman–Crippen MR) is 103 cm³/mol. The fourth-order valence-corrected chi connectivity index (χ4v) is 3.29. The van der Waals surface area contributed by atoms with E-state index in [0.29, 0.717) is 6.54 Å². The quantitative estimate of drug-likeness (QED) is 0.732. The van der Waals surface area contributed by atoms with Crippen LogP contribution in [0.3, 0.4) is 0 Å². The molecule has 0 radical (unpaired) electrons. The molecule has 0 atom stereocenters. The van der Waals surface area contributed by atoms with Gasteiger partial charge in [-0.15, -0.1) is 8.80 Å². The van der Waals surface area contributed by atoms with Crippen molar-refractivity contribution in [2.45, 2.75) is 6.54 Å². The summed E-state index contributed by atoms with van der Waals surface area (Å²) in [6.07, 6.45) is 3.28. The number of carbonyl (C=O) groups is 1. The van der Waals surface area contributed by atoms with E-state index in [9.17, 15) is 18.3 Å². The van der Waals surface area contributed by atoms with Crippen molar-refractivity contribution < 1.29 is 23.1 Å². The summed E-state index contributed by atoms with van der Waals surface area (Å²) >= 11 is 0. The summed E-state index contributed by atoms with van der Waals surface area (Å²) in [7, 11) is -1.20. The second-order valence-electron chi connectivity index (χ2n) is 5.84. The van der Waals surface area contributed by atoms with Crippen LogP contribution in [-0.4, -0.2) is 55.2 Å². The fraction of sp³-hybridized carbons (Fsp3) is 0.176. The number of amides is 1. The van der Waals surface area contributed by atoms with Gasteiger partial charge < -0.3 is 20.1 Å². The Labute approximate surface area is 161 Å². The van der Waals surface area contributed by atoms with Crippen molar-refractivity contribution in [3.63, 3.8) is 0 Å². The fourth-order valence-electron chi connectivity index (χ4n) is 2.52. The van der Waals surface area contributed by atoms with Gasteiger partial charge in [-0.3, -0.25) is 9.78 Å². The number of benzene rings is 1. The largest absolute Gasteiger partial charge is 0.505 e. The van der Waals surface area contributed by atoms with Crippen LogP contribution in [0.1, 0.15) is 15.9 Å². The van der Waals surface area contributed by atoms with Crippen LogP contribution in [0.5, 0.6) is 5.75 Å². The van der Waals surface area contributed by atoms with Gasteiger partial charge in [0.25, 0.3) is 11.8 Å². The zero-order valence-corrected chi connectivity index (χ0v) is 15.8. The van der Waals surface area contributed by atoms with E-state index < -0.39 is 16.1 Å². The highest BCUT2D eigenvalue weighted by Gasteiger charge is 2.27. The van der Waals surface area contributed by atoms with Gasteiger partial charge >= 0.3 is 10.2 Å². The second-order valence-corrected chi connectivity index (χ2v) is 7.10. The minimum atomic E-state index is -4.04. The Bertz CT molecular complexity index is 1070. The zero-order chi connectivity index (χ0) is 20.3. The lowest BCUT2D eigenvalue weighted by Gasteiger charge is -2.19. The van der Waals surface area contributed by atoms with Crippen molar-refractivity contribution in [3.05, 3.63) is 53.9 Å². The summed E-state index contributed by atoms with van der Waals surface area (Å²) in [6, 6.07) is 8.07. The number of phenolic OH excluding ortho intramolecular Hbond substituents is 1. The van der Waals surface area contributed by atoms with Gasteiger partial charge in [-0.2, -0.15) is 8.42 Å². The molecule has 28 heavy (non-hydrogen) atoms. The molecule has 0 spiro atoms. The Morgan fingerprint density at radius 3 is 2.71 bits per heavy atom. The van der Waals surface area contributed by atoms with Gasteiger partial charge in [-0.25, -0.2) is 0 Å². The number of nitrogens with zero attached hydrogens (tertiary/aromatic N) is 4. The Morgan fingerprint density at radius 1 is 1.25 bits per heavy atom. The van der Waals surface area contributed by atoms with E-state index in [-0.39, 0.29) is 28.7 Å². The third-order valence-electron chi connectivity index (χ3n) is 3.81. The van der Waals surface area contributed by atoms with Crippen LogP contribution < -0.4 is 5.32 Å². The molecule has 2 N–H and O–H groups in total. The number of rotatable bonds is 4. The number of carbonyl (C=O) groups excluding carboxylic acids is 1. The molecule has 1 aliphatic rings. The Morgan fingerprint density at radius 2 is 2.04 bits per heavy atom. The molecule has 1 amide bonds. The second kappa shape index (κ2) is 7.64. The van der Waals surface area contributed by atoms with Crippen molar-refractivity contribution in [2.24, 2.45) is 8.80 Å². The van der Waals surface area contributed by atoms with Crippen molar-refractivity contribution >= 4 is 33.5 Å². The molecule has 0 saturated heterocycles. The first kappa shape index (κ1) is 19.3. The minimum absolute atomic E-state index is 0.0359. The van der Waals surface area contributed by atoms with Crippen LogP contribution in [-0.2, 0) is 21.5 Å². The monoisotopic (exact) mass is 403 g/mol. The molecule has 0 saturated carbocycles. The van der Waals surface area contributed by atoms with Crippen LogP contribution in [0.25, 0.3) is 0 Å². The van der Waals surface area contributed by atoms with Gasteiger partial charge in [0.15, 0.2) is 5.75 Å². The minimum Gasteiger partial charge on any atom is -0.505 e. The highest BCUT2D eigenvalue weighted by Crippen LogP contribution is 2.29. The summed E-state index contributed by atoms with van der Waals surface area (Å²) < 4.78 is 34.6. The highest BCUT2D eigenvalue weighted by molar-refractivity contribution is 7.89. The lowest BCUT2D eigenvalue weighted by atomic mass is 10.1. The number of amidine groups is 1. The van der Waals surface area contributed by atoms with Gasteiger partial charge in [0.05, 0.1) is 18.4 Å². The van der Waals surface area contributed by atoms with Crippen molar-refractivity contribution in [2.75, 3.05) is 19.5 Å².